The first kappa shape index (κ1) is 46.5. The fourth-order valence-corrected chi connectivity index (χ4v) is 12.0. The van der Waals surface area contributed by atoms with Crippen molar-refractivity contribution in [2.75, 3.05) is 37.1 Å². The van der Waals surface area contributed by atoms with Gasteiger partial charge >= 0.3 is 36.4 Å². The Morgan fingerprint density at radius 1 is 0.406 bits per heavy atom. The molecule has 9 atom stereocenters. The van der Waals surface area contributed by atoms with E-state index in [1.54, 1.807) is 0 Å². The van der Waals surface area contributed by atoms with Crippen molar-refractivity contribution in [3.63, 3.8) is 0 Å². The molecule has 0 aliphatic carbocycles. The summed E-state index contributed by atoms with van der Waals surface area (Å²) in [6.45, 7) is 0.793. The molecule has 366 valence electrons. The van der Waals surface area contributed by atoms with Gasteiger partial charge in [-0.2, -0.15) is 0 Å². The van der Waals surface area contributed by atoms with Crippen LogP contribution < -0.4 is 16.0 Å². The quantitative estimate of drug-likeness (QED) is 0.213. The number of urea groups is 3. The SMILES string of the molecule is CN1[C@@H]2CC[C@H]1CC(OC(=O)N1Cc3ccccc3NC1=O)C2.CN1[C@@H]2CC[C@H]1CC(OC(=O)N1Cc3ccccc3NC1=O)C2.CN1[C@@H]2CC[C@H]1CC(OC(=O)N1Cc3ccccc3NC1=O)C2. The van der Waals surface area contributed by atoms with Gasteiger partial charge in [0.25, 0.3) is 0 Å². The third kappa shape index (κ3) is 9.83. The number of ether oxygens (including phenoxy) is 3. The second-order valence-electron chi connectivity index (χ2n) is 20.1. The normalized spacial score (nSPS) is 29.9. The smallest absolute Gasteiger partial charge is 0.418 e. The second-order valence-corrected chi connectivity index (χ2v) is 20.1. The Labute approximate surface area is 402 Å². The summed E-state index contributed by atoms with van der Waals surface area (Å²) in [5, 5.41) is 8.23. The molecule has 3 aromatic carbocycles. The number of amides is 9. The average molecular weight is 946 g/mol. The minimum absolute atomic E-state index is 0.0822. The number of fused-ring (bicyclic) bond motifs is 9. The van der Waals surface area contributed by atoms with Crippen LogP contribution in [0.3, 0.4) is 0 Å². The molecule has 6 saturated heterocycles. The summed E-state index contributed by atoms with van der Waals surface area (Å²) in [7, 11) is 6.44. The zero-order chi connectivity index (χ0) is 47.9. The molecule has 9 heterocycles. The van der Waals surface area contributed by atoms with Crippen molar-refractivity contribution in [3.8, 4) is 0 Å². The van der Waals surface area contributed by atoms with Gasteiger partial charge in [-0.1, -0.05) is 54.6 Å². The number of imide groups is 3. The van der Waals surface area contributed by atoms with E-state index in [0.29, 0.717) is 36.3 Å². The van der Waals surface area contributed by atoms with Crippen LogP contribution in [-0.2, 0) is 33.8 Å². The highest BCUT2D eigenvalue weighted by atomic mass is 16.6. The maximum atomic E-state index is 12.4. The number of piperidine rings is 3. The van der Waals surface area contributed by atoms with E-state index in [0.717, 1.165) is 87.0 Å². The zero-order valence-electron chi connectivity index (χ0n) is 39.6. The van der Waals surface area contributed by atoms with E-state index in [2.05, 4.69) is 51.8 Å². The maximum absolute atomic E-state index is 12.4. The molecule has 0 spiro atoms. The third-order valence-electron chi connectivity index (χ3n) is 16.1. The number of carbonyl (C=O) groups excluding carboxylic acids is 6. The van der Waals surface area contributed by atoms with Crippen molar-refractivity contribution in [1.82, 2.24) is 29.4 Å². The van der Waals surface area contributed by atoms with E-state index in [1.807, 2.05) is 72.8 Å². The van der Waals surface area contributed by atoms with E-state index in [9.17, 15) is 28.8 Å². The molecule has 0 aromatic heterocycles. The molecule has 0 saturated carbocycles. The lowest BCUT2D eigenvalue weighted by molar-refractivity contribution is 0.0146. The van der Waals surface area contributed by atoms with E-state index in [-0.39, 0.29) is 37.9 Å². The van der Waals surface area contributed by atoms with Crippen LogP contribution in [0.25, 0.3) is 0 Å². The van der Waals surface area contributed by atoms with Gasteiger partial charge in [0, 0.05) is 91.8 Å². The van der Waals surface area contributed by atoms with Gasteiger partial charge in [-0.3, -0.25) is 0 Å². The summed E-state index contributed by atoms with van der Waals surface area (Å²) in [6.07, 6.45) is 10.4. The van der Waals surface area contributed by atoms with Gasteiger partial charge < -0.3 is 44.9 Å². The van der Waals surface area contributed by atoms with Crippen molar-refractivity contribution in [2.24, 2.45) is 0 Å². The molecule has 18 nitrogen and oxygen atoms in total. The van der Waals surface area contributed by atoms with Crippen molar-refractivity contribution in [1.29, 1.82) is 0 Å². The predicted octanol–water partition coefficient (Wildman–Crippen LogP) is 8.39. The number of para-hydroxylation sites is 3. The minimum Gasteiger partial charge on any atom is -0.446 e. The number of carbonyl (C=O) groups is 6. The van der Waals surface area contributed by atoms with Crippen LogP contribution >= 0.6 is 0 Å². The van der Waals surface area contributed by atoms with Crippen molar-refractivity contribution in [3.05, 3.63) is 89.5 Å². The molecular weight excluding hydrogens is 883 g/mol. The van der Waals surface area contributed by atoms with Gasteiger partial charge in [0.05, 0.1) is 19.6 Å². The molecular formula is C51H63N9O9. The summed E-state index contributed by atoms with van der Waals surface area (Å²) >= 11 is 0. The highest BCUT2D eigenvalue weighted by Crippen LogP contribution is 2.39. The standard InChI is InChI=1S/3C17H21N3O3/c3*1-19-12-6-7-13(19)9-14(8-12)23-17(22)20-10-11-4-2-3-5-15(11)18-16(20)21/h3*2-5,12-14H,6-10H2,1H3,(H,18,21)/t3*12-,13+,14?. The minimum atomic E-state index is -0.536. The van der Waals surface area contributed by atoms with Gasteiger partial charge in [0.1, 0.15) is 18.3 Å². The fraction of sp³-hybridized carbons (Fsp3) is 0.529. The van der Waals surface area contributed by atoms with Crippen LogP contribution in [0.2, 0.25) is 0 Å². The molecule has 6 fully saturated rings. The monoisotopic (exact) mass is 945 g/mol. The van der Waals surface area contributed by atoms with E-state index < -0.39 is 36.4 Å². The molecule has 3 unspecified atom stereocenters. The molecule has 18 heteroatoms. The molecule has 3 aromatic rings. The van der Waals surface area contributed by atoms with E-state index in [1.165, 1.54) is 38.5 Å². The van der Waals surface area contributed by atoms with Crippen LogP contribution in [0.15, 0.2) is 72.8 Å². The topological polar surface area (TPSA) is 186 Å². The molecule has 69 heavy (non-hydrogen) atoms. The summed E-state index contributed by atoms with van der Waals surface area (Å²) in [5.41, 5.74) is 5.06. The van der Waals surface area contributed by atoms with Gasteiger partial charge in [-0.15, -0.1) is 0 Å². The molecule has 9 aliphatic heterocycles. The van der Waals surface area contributed by atoms with Crippen LogP contribution in [0.5, 0.6) is 0 Å². The highest BCUT2D eigenvalue weighted by molar-refractivity contribution is 6.03. The van der Waals surface area contributed by atoms with Crippen molar-refractivity contribution >= 4 is 53.4 Å². The number of nitrogens with one attached hydrogen (secondary N) is 3. The highest BCUT2D eigenvalue weighted by Gasteiger charge is 2.44. The molecule has 9 aliphatic rings. The van der Waals surface area contributed by atoms with Crippen LogP contribution in [0, 0.1) is 0 Å². The average Bonchev–Trinajstić information content (AvgIpc) is 3.74. The number of anilines is 3. The number of nitrogens with zero attached hydrogens (tertiary/aromatic N) is 6. The lowest BCUT2D eigenvalue weighted by Gasteiger charge is -2.36. The molecule has 12 rings (SSSR count). The van der Waals surface area contributed by atoms with Crippen LogP contribution in [0.1, 0.15) is 93.7 Å². The summed E-state index contributed by atoms with van der Waals surface area (Å²) in [5.74, 6) is 0. The van der Waals surface area contributed by atoms with E-state index >= 15 is 0 Å². The Bertz CT molecular complexity index is 2170. The van der Waals surface area contributed by atoms with Crippen LogP contribution in [-0.4, -0.2) is 141 Å². The largest absolute Gasteiger partial charge is 0.446 e. The fourth-order valence-electron chi connectivity index (χ4n) is 12.0. The Morgan fingerprint density at radius 2 is 0.638 bits per heavy atom. The number of hydrogen-bond donors (Lipinski definition) is 3. The van der Waals surface area contributed by atoms with Gasteiger partial charge in [0.2, 0.25) is 0 Å². The first-order valence-electron chi connectivity index (χ1n) is 24.6. The zero-order valence-corrected chi connectivity index (χ0v) is 39.6. The first-order valence-corrected chi connectivity index (χ1v) is 24.6. The van der Waals surface area contributed by atoms with E-state index in [4.69, 9.17) is 14.2 Å². The van der Waals surface area contributed by atoms with Gasteiger partial charge in [-0.05, 0) is 94.6 Å². The van der Waals surface area contributed by atoms with Crippen molar-refractivity contribution in [2.45, 2.75) is 151 Å². The lowest BCUT2D eigenvalue weighted by Crippen LogP contribution is -2.47. The number of hydrogen-bond acceptors (Lipinski definition) is 12. The Balaban J connectivity index is 0.000000120. The Morgan fingerprint density at radius 3 is 0.884 bits per heavy atom. The number of rotatable bonds is 3. The summed E-state index contributed by atoms with van der Waals surface area (Å²) < 4.78 is 16.9. The Hall–Kier alpha value is -6.24. The molecule has 9 amide bonds. The van der Waals surface area contributed by atoms with Crippen molar-refractivity contribution < 1.29 is 43.0 Å². The van der Waals surface area contributed by atoms with Crippen LogP contribution in [0.4, 0.5) is 45.8 Å². The van der Waals surface area contributed by atoms with Gasteiger partial charge in [0.15, 0.2) is 0 Å². The number of benzene rings is 3. The molecule has 3 N–H and O–H groups in total. The second kappa shape index (κ2) is 19.6. The summed E-state index contributed by atoms with van der Waals surface area (Å²) in [6, 6.07) is 24.3. The predicted molar refractivity (Wildman–Crippen MR) is 255 cm³/mol. The summed E-state index contributed by atoms with van der Waals surface area (Å²) in [4.78, 5) is 84.4. The lowest BCUT2D eigenvalue weighted by atomic mass is 10.0. The Kier molecular flexibility index (Phi) is 13.2. The maximum Gasteiger partial charge on any atom is 0.418 e. The molecule has 6 bridgehead atoms. The van der Waals surface area contributed by atoms with Gasteiger partial charge in [-0.25, -0.2) is 43.5 Å². The molecule has 0 radical (unpaired) electrons. The first-order chi connectivity index (χ1) is 33.3. The third-order valence-corrected chi connectivity index (χ3v) is 16.1.